The molecule has 0 unspecified atom stereocenters. The average molecular weight is 377 g/mol. The van der Waals surface area contributed by atoms with E-state index in [0.29, 0.717) is 28.3 Å². The molecule has 0 fully saturated rings. The summed E-state index contributed by atoms with van der Waals surface area (Å²) < 4.78 is 1.83. The van der Waals surface area contributed by atoms with Crippen LogP contribution < -0.4 is 5.32 Å². The molecule has 0 aliphatic carbocycles. The number of aryl methyl sites for hydroxylation is 1. The summed E-state index contributed by atoms with van der Waals surface area (Å²) in [5, 5.41) is 11.9. The Kier molecular flexibility index (Phi) is 4.60. The van der Waals surface area contributed by atoms with E-state index in [1.54, 1.807) is 24.3 Å². The van der Waals surface area contributed by atoms with E-state index in [-0.39, 0.29) is 5.91 Å². The number of carbonyl (C=O) groups excluding carboxylic acids is 1. The first kappa shape index (κ1) is 17.2. The minimum atomic E-state index is -0.208. The molecule has 1 amide bonds. The fourth-order valence-corrected chi connectivity index (χ4v) is 3.08. The lowest BCUT2D eigenvalue weighted by atomic mass is 10.1. The van der Waals surface area contributed by atoms with Crippen molar-refractivity contribution < 1.29 is 4.79 Å². The van der Waals surface area contributed by atoms with Crippen molar-refractivity contribution in [2.24, 2.45) is 0 Å². The van der Waals surface area contributed by atoms with Gasteiger partial charge in [-0.2, -0.15) is 0 Å². The molecule has 0 saturated carbocycles. The summed E-state index contributed by atoms with van der Waals surface area (Å²) in [7, 11) is 0. The first-order valence-electron chi connectivity index (χ1n) is 8.55. The lowest BCUT2D eigenvalue weighted by Crippen LogP contribution is -2.12. The van der Waals surface area contributed by atoms with Crippen molar-refractivity contribution in [3.05, 3.63) is 88.4 Å². The van der Waals surface area contributed by atoms with Crippen LogP contribution in [0.25, 0.3) is 11.0 Å². The lowest BCUT2D eigenvalue weighted by molar-refractivity contribution is 0.102. The monoisotopic (exact) mass is 376 g/mol. The van der Waals surface area contributed by atoms with E-state index in [0.717, 1.165) is 16.6 Å². The number of benzene rings is 3. The molecule has 1 aromatic heterocycles. The van der Waals surface area contributed by atoms with E-state index in [1.807, 2.05) is 54.1 Å². The second-order valence-corrected chi connectivity index (χ2v) is 6.79. The van der Waals surface area contributed by atoms with Gasteiger partial charge in [0.05, 0.1) is 12.1 Å². The number of hydrogen-bond donors (Lipinski definition) is 1. The molecule has 0 atom stereocenters. The molecule has 0 radical (unpaired) electrons. The molecule has 134 valence electrons. The van der Waals surface area contributed by atoms with Crippen LogP contribution in [0.4, 0.5) is 5.69 Å². The third-order valence-electron chi connectivity index (χ3n) is 4.40. The Hall–Kier alpha value is -3.18. The van der Waals surface area contributed by atoms with Crippen LogP contribution in [0, 0.1) is 6.92 Å². The molecular weight excluding hydrogens is 360 g/mol. The minimum absolute atomic E-state index is 0.208. The third-order valence-corrected chi connectivity index (χ3v) is 4.63. The van der Waals surface area contributed by atoms with Crippen LogP contribution in [0.1, 0.15) is 21.5 Å². The molecule has 0 bridgehead atoms. The fraction of sp³-hybridized carbons (Fsp3) is 0.0952. The summed E-state index contributed by atoms with van der Waals surface area (Å²) in [5.41, 5.74) is 4.87. The summed E-state index contributed by atoms with van der Waals surface area (Å²) in [6.45, 7) is 2.55. The van der Waals surface area contributed by atoms with E-state index in [1.165, 1.54) is 0 Å². The van der Waals surface area contributed by atoms with Crippen molar-refractivity contribution in [3.63, 3.8) is 0 Å². The second kappa shape index (κ2) is 7.21. The highest BCUT2D eigenvalue weighted by Gasteiger charge is 2.12. The number of nitrogens with one attached hydrogen (secondary N) is 1. The Bertz CT molecular complexity index is 1120. The molecular formula is C21H17ClN4O. The van der Waals surface area contributed by atoms with E-state index in [4.69, 9.17) is 11.6 Å². The predicted molar refractivity (Wildman–Crippen MR) is 107 cm³/mol. The smallest absolute Gasteiger partial charge is 0.255 e. The topological polar surface area (TPSA) is 59.8 Å². The maximum absolute atomic E-state index is 12.6. The Balaban J connectivity index is 1.58. The Morgan fingerprint density at radius 2 is 1.89 bits per heavy atom. The minimum Gasteiger partial charge on any atom is -0.322 e. The van der Waals surface area contributed by atoms with Gasteiger partial charge in [0, 0.05) is 16.3 Å². The summed E-state index contributed by atoms with van der Waals surface area (Å²) in [4.78, 5) is 12.6. The molecule has 0 aliphatic rings. The number of carbonyl (C=O) groups is 1. The number of rotatable bonds is 4. The second-order valence-electron chi connectivity index (χ2n) is 6.35. The van der Waals surface area contributed by atoms with E-state index in [2.05, 4.69) is 15.6 Å². The first-order valence-corrected chi connectivity index (χ1v) is 8.92. The van der Waals surface area contributed by atoms with Gasteiger partial charge in [0.1, 0.15) is 5.52 Å². The number of amides is 1. The fourth-order valence-electron chi connectivity index (χ4n) is 2.91. The molecule has 0 spiro atoms. The summed E-state index contributed by atoms with van der Waals surface area (Å²) in [5.74, 6) is -0.208. The molecule has 0 aliphatic heterocycles. The van der Waals surface area contributed by atoms with Crippen LogP contribution in [0.3, 0.4) is 0 Å². The molecule has 27 heavy (non-hydrogen) atoms. The number of halogens is 1. The number of anilines is 1. The van der Waals surface area contributed by atoms with Gasteiger partial charge in [0.15, 0.2) is 0 Å². The normalized spacial score (nSPS) is 10.9. The van der Waals surface area contributed by atoms with Crippen LogP contribution in [0.2, 0.25) is 5.02 Å². The maximum atomic E-state index is 12.6. The quantitative estimate of drug-likeness (QED) is 0.562. The SMILES string of the molecule is Cc1ccc(Cl)cc1NC(=O)c1ccc2c(c1)nnn2Cc1ccccc1. The van der Waals surface area contributed by atoms with Crippen LogP contribution in [0.5, 0.6) is 0 Å². The maximum Gasteiger partial charge on any atom is 0.255 e. The van der Waals surface area contributed by atoms with Crippen molar-refractivity contribution in [2.75, 3.05) is 5.32 Å². The van der Waals surface area contributed by atoms with Gasteiger partial charge >= 0.3 is 0 Å². The molecule has 4 aromatic rings. The highest BCUT2D eigenvalue weighted by Crippen LogP contribution is 2.22. The van der Waals surface area contributed by atoms with Crippen molar-refractivity contribution in [3.8, 4) is 0 Å². The van der Waals surface area contributed by atoms with Crippen molar-refractivity contribution in [1.82, 2.24) is 15.0 Å². The summed E-state index contributed by atoms with van der Waals surface area (Å²) >= 11 is 6.02. The highest BCUT2D eigenvalue weighted by atomic mass is 35.5. The van der Waals surface area contributed by atoms with Gasteiger partial charge in [0.2, 0.25) is 0 Å². The van der Waals surface area contributed by atoms with Crippen molar-refractivity contribution in [2.45, 2.75) is 13.5 Å². The van der Waals surface area contributed by atoms with Gasteiger partial charge in [-0.15, -0.1) is 5.10 Å². The van der Waals surface area contributed by atoms with Crippen LogP contribution in [-0.4, -0.2) is 20.9 Å². The van der Waals surface area contributed by atoms with E-state index in [9.17, 15) is 4.79 Å². The van der Waals surface area contributed by atoms with Crippen LogP contribution in [-0.2, 0) is 6.54 Å². The Labute approximate surface area is 161 Å². The van der Waals surface area contributed by atoms with Gasteiger partial charge in [-0.3, -0.25) is 4.79 Å². The molecule has 5 nitrogen and oxygen atoms in total. The van der Waals surface area contributed by atoms with Gasteiger partial charge in [-0.1, -0.05) is 53.2 Å². The Morgan fingerprint density at radius 1 is 1.07 bits per heavy atom. The van der Waals surface area contributed by atoms with Gasteiger partial charge in [-0.25, -0.2) is 4.68 Å². The number of aromatic nitrogens is 3. The molecule has 4 rings (SSSR count). The molecule has 3 aromatic carbocycles. The summed E-state index contributed by atoms with van der Waals surface area (Å²) in [6, 6.07) is 20.9. The standard InChI is InChI=1S/C21H17ClN4O/c1-14-7-9-17(22)12-18(14)23-21(27)16-8-10-20-19(11-16)24-25-26(20)13-15-5-3-2-4-6-15/h2-12H,13H2,1H3,(H,23,27). The first-order chi connectivity index (χ1) is 13.1. The van der Waals surface area contributed by atoms with Crippen molar-refractivity contribution in [1.29, 1.82) is 0 Å². The highest BCUT2D eigenvalue weighted by molar-refractivity contribution is 6.31. The van der Waals surface area contributed by atoms with Crippen molar-refractivity contribution >= 4 is 34.2 Å². The zero-order valence-corrected chi connectivity index (χ0v) is 15.4. The predicted octanol–water partition coefficient (Wildman–Crippen LogP) is 4.69. The number of hydrogen-bond acceptors (Lipinski definition) is 3. The van der Waals surface area contributed by atoms with Crippen LogP contribution >= 0.6 is 11.6 Å². The largest absolute Gasteiger partial charge is 0.322 e. The lowest BCUT2D eigenvalue weighted by Gasteiger charge is -2.09. The molecule has 6 heteroatoms. The molecule has 0 saturated heterocycles. The zero-order chi connectivity index (χ0) is 18.8. The van der Waals surface area contributed by atoms with Gasteiger partial charge in [0.25, 0.3) is 5.91 Å². The van der Waals surface area contributed by atoms with Gasteiger partial charge < -0.3 is 5.32 Å². The number of nitrogens with zero attached hydrogens (tertiary/aromatic N) is 3. The average Bonchev–Trinajstić information content (AvgIpc) is 3.07. The number of fused-ring (bicyclic) bond motifs is 1. The zero-order valence-electron chi connectivity index (χ0n) is 14.7. The molecule has 1 N–H and O–H groups in total. The van der Waals surface area contributed by atoms with Gasteiger partial charge in [-0.05, 0) is 48.4 Å². The van der Waals surface area contributed by atoms with Crippen LogP contribution in [0.15, 0.2) is 66.7 Å². The van der Waals surface area contributed by atoms with E-state index < -0.39 is 0 Å². The third kappa shape index (κ3) is 3.68. The van der Waals surface area contributed by atoms with E-state index >= 15 is 0 Å². The summed E-state index contributed by atoms with van der Waals surface area (Å²) in [6.07, 6.45) is 0. The molecule has 1 heterocycles. The Morgan fingerprint density at radius 3 is 2.70 bits per heavy atom.